The van der Waals surface area contributed by atoms with Crippen molar-refractivity contribution in [3.05, 3.63) is 29.8 Å². The molecule has 1 aliphatic heterocycles. The van der Waals surface area contributed by atoms with Crippen molar-refractivity contribution in [3.8, 4) is 0 Å². The zero-order valence-electron chi connectivity index (χ0n) is 13.0. The standard InChI is InChI=1S/C16H24N2O2S/c1-12-4-6-16(7-5-12)21(19,20)18-11-14-9-15(18)8-13(14)10-17(2)3/h4-7,13-15H,8-11H2,1-3H3/t13-,14+,15-/m0/s1. The number of hydrogen-bond acceptors (Lipinski definition) is 3. The topological polar surface area (TPSA) is 40.6 Å². The number of aryl methyl sites for hydroxylation is 1. The van der Waals surface area contributed by atoms with Gasteiger partial charge in [-0.3, -0.25) is 0 Å². The highest BCUT2D eigenvalue weighted by Crippen LogP contribution is 2.44. The molecule has 1 heterocycles. The summed E-state index contributed by atoms with van der Waals surface area (Å²) in [4.78, 5) is 2.65. The Morgan fingerprint density at radius 1 is 1.19 bits per heavy atom. The molecule has 0 aromatic heterocycles. The lowest BCUT2D eigenvalue weighted by Crippen LogP contribution is -2.41. The van der Waals surface area contributed by atoms with Gasteiger partial charge in [0.05, 0.1) is 4.90 Å². The zero-order chi connectivity index (χ0) is 15.2. The number of fused-ring (bicyclic) bond motifs is 2. The van der Waals surface area contributed by atoms with Gasteiger partial charge in [-0.05, 0) is 57.8 Å². The predicted octanol–water partition coefficient (Wildman–Crippen LogP) is 1.96. The summed E-state index contributed by atoms with van der Waals surface area (Å²) >= 11 is 0. The van der Waals surface area contributed by atoms with E-state index in [0.29, 0.717) is 23.3 Å². The third-order valence-corrected chi connectivity index (χ3v) is 6.80. The van der Waals surface area contributed by atoms with E-state index in [4.69, 9.17) is 0 Å². The minimum atomic E-state index is -3.32. The van der Waals surface area contributed by atoms with Crippen LogP contribution in [-0.2, 0) is 10.0 Å². The van der Waals surface area contributed by atoms with E-state index in [1.54, 1.807) is 16.4 Å². The fourth-order valence-corrected chi connectivity index (χ4v) is 5.55. The Kier molecular flexibility index (Phi) is 3.84. The maximum absolute atomic E-state index is 12.8. The van der Waals surface area contributed by atoms with Crippen LogP contribution >= 0.6 is 0 Å². The van der Waals surface area contributed by atoms with Gasteiger partial charge in [0.25, 0.3) is 0 Å². The molecule has 1 saturated heterocycles. The quantitative estimate of drug-likeness (QED) is 0.854. The van der Waals surface area contributed by atoms with Crippen molar-refractivity contribution in [1.29, 1.82) is 0 Å². The molecule has 1 saturated carbocycles. The summed E-state index contributed by atoms with van der Waals surface area (Å²) in [6.07, 6.45) is 2.04. The number of hydrogen-bond donors (Lipinski definition) is 0. The smallest absolute Gasteiger partial charge is 0.243 e. The van der Waals surface area contributed by atoms with Crippen molar-refractivity contribution < 1.29 is 8.42 Å². The number of sulfonamides is 1. The molecule has 2 aliphatic rings. The van der Waals surface area contributed by atoms with Crippen LogP contribution in [0.15, 0.2) is 29.2 Å². The molecule has 1 aromatic rings. The molecule has 0 spiro atoms. The first-order valence-corrected chi connectivity index (χ1v) is 9.05. The normalized spacial score (nSPS) is 29.4. The van der Waals surface area contributed by atoms with Crippen LogP contribution in [0, 0.1) is 18.8 Å². The van der Waals surface area contributed by atoms with Crippen LogP contribution in [0.2, 0.25) is 0 Å². The van der Waals surface area contributed by atoms with Crippen molar-refractivity contribution >= 4 is 10.0 Å². The lowest BCUT2D eigenvalue weighted by Gasteiger charge is -2.32. The number of benzene rings is 1. The number of nitrogens with zero attached hydrogens (tertiary/aromatic N) is 2. The minimum absolute atomic E-state index is 0.200. The van der Waals surface area contributed by atoms with Crippen LogP contribution in [0.25, 0.3) is 0 Å². The van der Waals surface area contributed by atoms with E-state index in [0.717, 1.165) is 24.9 Å². The molecule has 1 aromatic carbocycles. The molecular weight excluding hydrogens is 284 g/mol. The Morgan fingerprint density at radius 2 is 1.86 bits per heavy atom. The van der Waals surface area contributed by atoms with E-state index < -0.39 is 10.0 Å². The van der Waals surface area contributed by atoms with Crippen LogP contribution in [0.4, 0.5) is 0 Å². The van der Waals surface area contributed by atoms with Gasteiger partial charge in [0, 0.05) is 19.1 Å². The van der Waals surface area contributed by atoms with E-state index in [-0.39, 0.29) is 6.04 Å². The summed E-state index contributed by atoms with van der Waals surface area (Å²) in [5.41, 5.74) is 1.09. The molecule has 2 bridgehead atoms. The van der Waals surface area contributed by atoms with E-state index in [1.165, 1.54) is 0 Å². The van der Waals surface area contributed by atoms with Gasteiger partial charge in [-0.25, -0.2) is 8.42 Å². The lowest BCUT2D eigenvalue weighted by molar-refractivity contribution is 0.215. The largest absolute Gasteiger partial charge is 0.309 e. The van der Waals surface area contributed by atoms with E-state index in [1.807, 2.05) is 19.1 Å². The Bertz CT molecular complexity index is 610. The summed E-state index contributed by atoms with van der Waals surface area (Å²) in [6.45, 7) is 3.74. The van der Waals surface area contributed by atoms with Gasteiger partial charge in [-0.1, -0.05) is 17.7 Å². The maximum atomic E-state index is 12.8. The monoisotopic (exact) mass is 308 g/mol. The zero-order valence-corrected chi connectivity index (χ0v) is 13.8. The van der Waals surface area contributed by atoms with Gasteiger partial charge in [0.1, 0.15) is 0 Å². The van der Waals surface area contributed by atoms with Crippen LogP contribution in [-0.4, -0.2) is 50.8 Å². The van der Waals surface area contributed by atoms with Crippen LogP contribution in [0.5, 0.6) is 0 Å². The molecule has 0 unspecified atom stereocenters. The molecule has 3 rings (SSSR count). The van der Waals surface area contributed by atoms with Crippen LogP contribution < -0.4 is 0 Å². The van der Waals surface area contributed by atoms with Crippen molar-refractivity contribution in [1.82, 2.24) is 9.21 Å². The second-order valence-electron chi connectivity index (χ2n) is 6.80. The van der Waals surface area contributed by atoms with Gasteiger partial charge < -0.3 is 4.90 Å². The van der Waals surface area contributed by atoms with Crippen LogP contribution in [0.1, 0.15) is 18.4 Å². The van der Waals surface area contributed by atoms with Crippen molar-refractivity contribution in [2.45, 2.75) is 30.7 Å². The summed E-state index contributed by atoms with van der Waals surface area (Å²) in [7, 11) is 0.862. The van der Waals surface area contributed by atoms with Crippen molar-refractivity contribution in [2.24, 2.45) is 11.8 Å². The second-order valence-corrected chi connectivity index (χ2v) is 8.69. The predicted molar refractivity (Wildman–Crippen MR) is 83.6 cm³/mol. The average Bonchev–Trinajstić information content (AvgIpc) is 2.98. The number of piperidine rings is 1. The third-order valence-electron chi connectivity index (χ3n) is 4.87. The maximum Gasteiger partial charge on any atom is 0.243 e. The van der Waals surface area contributed by atoms with Crippen molar-refractivity contribution in [2.75, 3.05) is 27.2 Å². The molecular formula is C16H24N2O2S. The third kappa shape index (κ3) is 2.74. The summed E-state index contributed by atoms with van der Waals surface area (Å²) in [6, 6.07) is 7.40. The lowest BCUT2D eigenvalue weighted by atomic mass is 9.95. The molecule has 4 nitrogen and oxygen atoms in total. The first-order valence-electron chi connectivity index (χ1n) is 7.61. The Morgan fingerprint density at radius 3 is 2.38 bits per heavy atom. The van der Waals surface area contributed by atoms with Crippen LogP contribution in [0.3, 0.4) is 0 Å². The Hall–Kier alpha value is -0.910. The molecule has 0 amide bonds. The average molecular weight is 308 g/mol. The minimum Gasteiger partial charge on any atom is -0.309 e. The fourth-order valence-electron chi connectivity index (χ4n) is 3.85. The molecule has 2 fully saturated rings. The fraction of sp³-hybridized carbons (Fsp3) is 0.625. The van der Waals surface area contributed by atoms with E-state index in [9.17, 15) is 8.42 Å². The van der Waals surface area contributed by atoms with E-state index in [2.05, 4.69) is 19.0 Å². The van der Waals surface area contributed by atoms with Gasteiger partial charge in [0.2, 0.25) is 10.0 Å². The molecule has 1 aliphatic carbocycles. The molecule has 0 radical (unpaired) electrons. The molecule has 5 heteroatoms. The highest BCUT2D eigenvalue weighted by Gasteiger charge is 2.49. The van der Waals surface area contributed by atoms with Gasteiger partial charge >= 0.3 is 0 Å². The highest BCUT2D eigenvalue weighted by atomic mass is 32.2. The molecule has 3 atom stereocenters. The Labute approximate surface area is 127 Å². The molecule has 21 heavy (non-hydrogen) atoms. The first kappa shape index (κ1) is 15.0. The number of rotatable bonds is 4. The second kappa shape index (κ2) is 5.38. The molecule has 0 N–H and O–H groups in total. The van der Waals surface area contributed by atoms with Crippen molar-refractivity contribution in [3.63, 3.8) is 0 Å². The Balaban J connectivity index is 1.77. The summed E-state index contributed by atoms with van der Waals surface area (Å²) in [5, 5.41) is 0. The first-order chi connectivity index (χ1) is 9.88. The van der Waals surface area contributed by atoms with E-state index >= 15 is 0 Å². The summed E-state index contributed by atoms with van der Waals surface area (Å²) in [5.74, 6) is 1.17. The summed E-state index contributed by atoms with van der Waals surface area (Å²) < 4.78 is 27.3. The van der Waals surface area contributed by atoms with Gasteiger partial charge in [-0.2, -0.15) is 4.31 Å². The molecule has 116 valence electrons. The van der Waals surface area contributed by atoms with Gasteiger partial charge in [-0.15, -0.1) is 0 Å². The SMILES string of the molecule is Cc1ccc(S(=O)(=O)N2C[C@H]3C[C@@H]2C[C@H]3CN(C)C)cc1. The highest BCUT2D eigenvalue weighted by molar-refractivity contribution is 7.89. The van der Waals surface area contributed by atoms with Gasteiger partial charge in [0.15, 0.2) is 0 Å².